The molecule has 0 aliphatic carbocycles. The van der Waals surface area contributed by atoms with Crippen LogP contribution in [0.25, 0.3) is 0 Å². The molecule has 11 nitrogen and oxygen atoms in total. The van der Waals surface area contributed by atoms with Gasteiger partial charge in [0.2, 0.25) is 0 Å². The average molecular weight is 525 g/mol. The lowest BCUT2D eigenvalue weighted by Gasteiger charge is -2.08. The Kier molecular flexibility index (Phi) is 28.8. The molecule has 0 atom stereocenters. The Morgan fingerprint density at radius 1 is 0.472 bits per heavy atom. The molecule has 0 saturated carbocycles. The highest BCUT2D eigenvalue weighted by Crippen LogP contribution is 2.05. The van der Waals surface area contributed by atoms with Gasteiger partial charge >= 0.3 is 11.9 Å². The van der Waals surface area contributed by atoms with E-state index in [-0.39, 0.29) is 19.2 Å². The van der Waals surface area contributed by atoms with E-state index >= 15 is 0 Å². The Balaban J connectivity index is 3.11. The summed E-state index contributed by atoms with van der Waals surface area (Å²) in [6.07, 6.45) is 6.07. The molecule has 11 heteroatoms. The predicted molar refractivity (Wildman–Crippen MR) is 132 cm³/mol. The summed E-state index contributed by atoms with van der Waals surface area (Å²) in [5.74, 6) is -0.558. The first kappa shape index (κ1) is 34.7. The third kappa shape index (κ3) is 28.9. The first-order chi connectivity index (χ1) is 17.7. The summed E-state index contributed by atoms with van der Waals surface area (Å²) in [6, 6.07) is 0. The van der Waals surface area contributed by atoms with Crippen LogP contribution in [-0.2, 0) is 52.2 Å². The molecule has 0 spiro atoms. The van der Waals surface area contributed by atoms with Crippen molar-refractivity contribution in [3.8, 4) is 0 Å². The highest BCUT2D eigenvalue weighted by atomic mass is 16.6. The van der Waals surface area contributed by atoms with Gasteiger partial charge in [0.25, 0.3) is 0 Å². The summed E-state index contributed by atoms with van der Waals surface area (Å²) < 4.78 is 46.9. The second-order valence-corrected chi connectivity index (χ2v) is 7.69. The highest BCUT2D eigenvalue weighted by Gasteiger charge is 2.02. The van der Waals surface area contributed by atoms with E-state index in [1.807, 2.05) is 0 Å². The first-order valence-electron chi connectivity index (χ1n) is 13.0. The summed E-state index contributed by atoms with van der Waals surface area (Å²) >= 11 is 0. The number of hydrogen-bond donors (Lipinski definition) is 0. The quantitative estimate of drug-likeness (QED) is 0.106. The average Bonchev–Trinajstić information content (AvgIpc) is 2.88. The maximum absolute atomic E-state index is 11.6. The smallest absolute Gasteiger partial charge is 0.331 e. The van der Waals surface area contributed by atoms with Crippen molar-refractivity contribution in [3.63, 3.8) is 0 Å². The van der Waals surface area contributed by atoms with Crippen LogP contribution in [0, 0.1) is 0 Å². The molecule has 0 aliphatic heterocycles. The Hall–Kier alpha value is -1.34. The molecule has 0 aromatic rings. The van der Waals surface area contributed by atoms with Crippen LogP contribution in [-0.4, -0.2) is 118 Å². The van der Waals surface area contributed by atoms with Crippen molar-refractivity contribution in [1.82, 2.24) is 0 Å². The summed E-state index contributed by atoms with van der Waals surface area (Å²) in [6.45, 7) is 8.19. The lowest BCUT2D eigenvalue weighted by atomic mass is 10.1. The van der Waals surface area contributed by atoms with Crippen LogP contribution in [0.5, 0.6) is 0 Å². The predicted octanol–water partition coefficient (Wildman–Crippen LogP) is 2.18. The van der Waals surface area contributed by atoms with Crippen LogP contribution >= 0.6 is 0 Å². The summed E-state index contributed by atoms with van der Waals surface area (Å²) in [7, 11) is 1.31. The van der Waals surface area contributed by atoms with Gasteiger partial charge in [-0.15, -0.1) is 0 Å². The zero-order valence-corrected chi connectivity index (χ0v) is 22.3. The largest absolute Gasteiger partial charge is 0.467 e. The monoisotopic (exact) mass is 524 g/mol. The SMILES string of the molecule is CCCCCCCC(=O)OCCOCCOCCOCCOCCOCCOCCOCC(=O)OC. The van der Waals surface area contributed by atoms with Crippen molar-refractivity contribution in [3.05, 3.63) is 0 Å². The van der Waals surface area contributed by atoms with Crippen LogP contribution in [0.15, 0.2) is 0 Å². The topological polar surface area (TPSA) is 117 Å². The lowest BCUT2D eigenvalue weighted by Crippen LogP contribution is -2.16. The molecule has 0 saturated heterocycles. The van der Waals surface area contributed by atoms with Crippen LogP contribution in [0.4, 0.5) is 0 Å². The zero-order chi connectivity index (χ0) is 26.4. The molecule has 0 amide bonds. The second-order valence-electron chi connectivity index (χ2n) is 7.69. The maximum atomic E-state index is 11.6. The van der Waals surface area contributed by atoms with Crippen LogP contribution in [0.3, 0.4) is 0 Å². The van der Waals surface area contributed by atoms with Gasteiger partial charge in [-0.1, -0.05) is 32.6 Å². The molecule has 0 bridgehead atoms. The van der Waals surface area contributed by atoms with Crippen LogP contribution < -0.4 is 0 Å². The molecule has 0 fully saturated rings. The van der Waals surface area contributed by atoms with Gasteiger partial charge in [-0.05, 0) is 6.42 Å². The number of carbonyl (C=O) groups is 2. The van der Waals surface area contributed by atoms with Crippen molar-refractivity contribution in [1.29, 1.82) is 0 Å². The number of rotatable bonds is 29. The van der Waals surface area contributed by atoms with E-state index in [1.165, 1.54) is 26.4 Å². The molecular formula is C25H48O11. The maximum Gasteiger partial charge on any atom is 0.331 e. The van der Waals surface area contributed by atoms with Crippen molar-refractivity contribution < 1.29 is 52.2 Å². The normalized spacial score (nSPS) is 11.1. The molecular weight excluding hydrogens is 476 g/mol. The number of ether oxygens (including phenoxy) is 9. The van der Waals surface area contributed by atoms with Gasteiger partial charge in [-0.2, -0.15) is 0 Å². The third-order valence-electron chi connectivity index (χ3n) is 4.65. The van der Waals surface area contributed by atoms with E-state index in [0.29, 0.717) is 92.3 Å². The molecule has 0 heterocycles. The molecule has 0 N–H and O–H groups in total. The fourth-order valence-electron chi connectivity index (χ4n) is 2.69. The molecule has 0 aliphatic rings. The first-order valence-corrected chi connectivity index (χ1v) is 13.0. The lowest BCUT2D eigenvalue weighted by molar-refractivity contribution is -0.146. The molecule has 0 unspecified atom stereocenters. The van der Waals surface area contributed by atoms with E-state index in [1.54, 1.807) is 0 Å². The summed E-state index contributed by atoms with van der Waals surface area (Å²) in [5, 5.41) is 0. The van der Waals surface area contributed by atoms with E-state index in [2.05, 4.69) is 11.7 Å². The Morgan fingerprint density at radius 2 is 0.861 bits per heavy atom. The zero-order valence-electron chi connectivity index (χ0n) is 22.3. The fraction of sp³-hybridized carbons (Fsp3) is 0.920. The van der Waals surface area contributed by atoms with Gasteiger partial charge in [0.15, 0.2) is 0 Å². The minimum absolute atomic E-state index is 0.0695. The number of carbonyl (C=O) groups excluding carboxylic acids is 2. The van der Waals surface area contributed by atoms with Crippen LogP contribution in [0.1, 0.15) is 45.4 Å². The molecule has 36 heavy (non-hydrogen) atoms. The Labute approximate surface area is 216 Å². The Bertz CT molecular complexity index is 477. The molecule has 214 valence electrons. The number of unbranched alkanes of at least 4 members (excludes halogenated alkanes) is 4. The van der Waals surface area contributed by atoms with Crippen molar-refractivity contribution >= 4 is 11.9 Å². The van der Waals surface area contributed by atoms with Gasteiger partial charge < -0.3 is 42.6 Å². The fourth-order valence-corrected chi connectivity index (χ4v) is 2.69. The van der Waals surface area contributed by atoms with Gasteiger partial charge in [0.05, 0.1) is 93.0 Å². The minimum Gasteiger partial charge on any atom is -0.467 e. The van der Waals surface area contributed by atoms with Gasteiger partial charge in [-0.25, -0.2) is 4.79 Å². The van der Waals surface area contributed by atoms with Crippen molar-refractivity contribution in [2.75, 3.05) is 106 Å². The van der Waals surface area contributed by atoms with Gasteiger partial charge in [0.1, 0.15) is 13.2 Å². The second kappa shape index (κ2) is 29.9. The van der Waals surface area contributed by atoms with E-state index in [4.69, 9.17) is 37.9 Å². The molecule has 0 rings (SSSR count). The number of methoxy groups -OCH3 is 1. The molecule has 0 aromatic heterocycles. The van der Waals surface area contributed by atoms with E-state index in [0.717, 1.165) is 12.8 Å². The summed E-state index contributed by atoms with van der Waals surface area (Å²) in [4.78, 5) is 22.4. The van der Waals surface area contributed by atoms with Crippen molar-refractivity contribution in [2.24, 2.45) is 0 Å². The standard InChI is InChI=1S/C25H48O11/c1-3-4-5-6-7-8-24(26)36-22-21-34-18-17-32-14-13-30-10-9-29-11-12-31-15-16-33-19-20-35-23-25(27)28-2/h3-23H2,1-2H3. The number of esters is 2. The van der Waals surface area contributed by atoms with E-state index in [9.17, 15) is 9.59 Å². The van der Waals surface area contributed by atoms with Crippen LogP contribution in [0.2, 0.25) is 0 Å². The third-order valence-corrected chi connectivity index (χ3v) is 4.65. The van der Waals surface area contributed by atoms with Gasteiger partial charge in [-0.3, -0.25) is 4.79 Å². The molecule has 0 radical (unpaired) electrons. The molecule has 0 aromatic carbocycles. The summed E-state index contributed by atoms with van der Waals surface area (Å²) in [5.41, 5.74) is 0. The van der Waals surface area contributed by atoms with Crippen molar-refractivity contribution in [2.45, 2.75) is 45.4 Å². The van der Waals surface area contributed by atoms with E-state index < -0.39 is 5.97 Å². The highest BCUT2D eigenvalue weighted by molar-refractivity contribution is 5.70. The van der Waals surface area contributed by atoms with Gasteiger partial charge in [0, 0.05) is 6.42 Å². The minimum atomic E-state index is -0.408. The Morgan fingerprint density at radius 3 is 1.28 bits per heavy atom. The number of hydrogen-bond acceptors (Lipinski definition) is 11.